The van der Waals surface area contributed by atoms with Crippen LogP contribution in [-0.2, 0) is 22.6 Å². The average Bonchev–Trinajstić information content (AvgIpc) is 2.27. The van der Waals surface area contributed by atoms with Crippen molar-refractivity contribution in [2.45, 2.75) is 19.4 Å². The molecule has 1 rings (SSSR count). The maximum atomic E-state index is 10.9. The van der Waals surface area contributed by atoms with Gasteiger partial charge in [0.1, 0.15) is 5.75 Å². The van der Waals surface area contributed by atoms with E-state index in [9.17, 15) is 9.90 Å². The molecule has 0 aliphatic heterocycles. The van der Waals surface area contributed by atoms with Crippen molar-refractivity contribution in [3.63, 3.8) is 0 Å². The Morgan fingerprint density at radius 1 is 1.53 bits per heavy atom. The van der Waals surface area contributed by atoms with E-state index in [0.717, 1.165) is 0 Å². The highest BCUT2D eigenvalue weighted by Crippen LogP contribution is 2.16. The fourth-order valence-electron chi connectivity index (χ4n) is 1.13. The molecule has 0 aromatic carbocycles. The van der Waals surface area contributed by atoms with Crippen LogP contribution in [0.1, 0.15) is 17.8 Å². The van der Waals surface area contributed by atoms with Gasteiger partial charge in [-0.2, -0.15) is 0 Å². The van der Waals surface area contributed by atoms with E-state index in [0.29, 0.717) is 17.8 Å². The molecule has 5 nitrogen and oxygen atoms in total. The van der Waals surface area contributed by atoms with Gasteiger partial charge >= 0.3 is 5.97 Å². The minimum Gasteiger partial charge on any atom is -0.506 e. The number of pyridine rings is 1. The van der Waals surface area contributed by atoms with Gasteiger partial charge in [-0.05, 0) is 12.1 Å². The van der Waals surface area contributed by atoms with E-state index in [1.165, 1.54) is 19.2 Å². The number of carbonyl (C=O) groups is 1. The van der Waals surface area contributed by atoms with Gasteiger partial charge in [0.05, 0.1) is 31.5 Å². The third-order valence-corrected chi connectivity index (χ3v) is 1.96. The molecule has 1 aromatic heterocycles. The standard InChI is InChI=1S/C10H13NO4/c1-15-10(14)5-3-8-9(13)4-2-7(6-12)11-8/h2,4,12-13H,3,5-6H2,1H3. The number of methoxy groups -OCH3 is 1. The fraction of sp³-hybridized carbons (Fsp3) is 0.400. The first-order valence-corrected chi connectivity index (χ1v) is 4.52. The molecule has 0 fully saturated rings. The quantitative estimate of drug-likeness (QED) is 0.704. The van der Waals surface area contributed by atoms with Crippen molar-refractivity contribution in [2.75, 3.05) is 7.11 Å². The van der Waals surface area contributed by atoms with Gasteiger partial charge in [-0.15, -0.1) is 0 Å². The minimum atomic E-state index is -0.356. The van der Waals surface area contributed by atoms with Gasteiger partial charge in [-0.25, -0.2) is 0 Å². The average molecular weight is 211 g/mol. The van der Waals surface area contributed by atoms with Crippen LogP contribution in [0.5, 0.6) is 5.75 Å². The molecule has 5 heteroatoms. The highest BCUT2D eigenvalue weighted by Gasteiger charge is 2.07. The summed E-state index contributed by atoms with van der Waals surface area (Å²) in [6.45, 7) is -0.189. The molecule has 82 valence electrons. The number of rotatable bonds is 4. The van der Waals surface area contributed by atoms with Gasteiger partial charge in [0.15, 0.2) is 0 Å². The van der Waals surface area contributed by atoms with Gasteiger partial charge in [0, 0.05) is 6.42 Å². The minimum absolute atomic E-state index is 0.0242. The Labute approximate surface area is 87.3 Å². The molecule has 0 saturated carbocycles. The molecule has 0 radical (unpaired) electrons. The second-order valence-electron chi connectivity index (χ2n) is 3.00. The van der Waals surface area contributed by atoms with Crippen molar-refractivity contribution in [1.82, 2.24) is 4.98 Å². The first-order valence-electron chi connectivity index (χ1n) is 4.52. The maximum Gasteiger partial charge on any atom is 0.305 e. The zero-order valence-electron chi connectivity index (χ0n) is 8.43. The molecule has 0 saturated heterocycles. The van der Waals surface area contributed by atoms with Crippen molar-refractivity contribution in [3.8, 4) is 5.75 Å². The molecule has 0 amide bonds. The Morgan fingerprint density at radius 2 is 2.27 bits per heavy atom. The van der Waals surface area contributed by atoms with Crippen LogP contribution in [0.4, 0.5) is 0 Å². The molecular formula is C10H13NO4. The zero-order chi connectivity index (χ0) is 11.3. The van der Waals surface area contributed by atoms with Crippen LogP contribution in [0.15, 0.2) is 12.1 Å². The summed E-state index contributed by atoms with van der Waals surface area (Å²) in [5.74, 6) is -0.332. The number of carbonyl (C=O) groups excluding carboxylic acids is 1. The largest absolute Gasteiger partial charge is 0.506 e. The van der Waals surface area contributed by atoms with Crippen molar-refractivity contribution >= 4 is 5.97 Å². The Morgan fingerprint density at radius 3 is 2.87 bits per heavy atom. The van der Waals surface area contributed by atoms with E-state index < -0.39 is 0 Å². The number of aromatic hydroxyl groups is 1. The van der Waals surface area contributed by atoms with Crippen molar-refractivity contribution in [3.05, 3.63) is 23.5 Å². The van der Waals surface area contributed by atoms with Crippen LogP contribution in [0.3, 0.4) is 0 Å². The summed E-state index contributed by atoms with van der Waals surface area (Å²) in [7, 11) is 1.31. The predicted molar refractivity (Wildman–Crippen MR) is 52.2 cm³/mol. The predicted octanol–water partition coefficient (Wildman–Crippen LogP) is 0.385. The lowest BCUT2D eigenvalue weighted by atomic mass is 10.2. The van der Waals surface area contributed by atoms with E-state index >= 15 is 0 Å². The van der Waals surface area contributed by atoms with Crippen molar-refractivity contribution in [2.24, 2.45) is 0 Å². The molecule has 0 spiro atoms. The zero-order valence-corrected chi connectivity index (χ0v) is 8.43. The molecule has 0 unspecified atom stereocenters. The van der Waals surface area contributed by atoms with E-state index in [1.54, 1.807) is 0 Å². The van der Waals surface area contributed by atoms with Crippen LogP contribution in [-0.4, -0.2) is 28.3 Å². The molecule has 0 atom stereocenters. The maximum absolute atomic E-state index is 10.9. The molecule has 0 bridgehead atoms. The number of esters is 1. The van der Waals surface area contributed by atoms with E-state index in [1.807, 2.05) is 0 Å². The van der Waals surface area contributed by atoms with Crippen LogP contribution in [0, 0.1) is 0 Å². The Balaban J connectivity index is 2.70. The fourth-order valence-corrected chi connectivity index (χ4v) is 1.13. The number of hydrogen-bond donors (Lipinski definition) is 2. The normalized spacial score (nSPS) is 10.0. The lowest BCUT2D eigenvalue weighted by molar-refractivity contribution is -0.140. The highest BCUT2D eigenvalue weighted by atomic mass is 16.5. The number of aryl methyl sites for hydroxylation is 1. The molecule has 2 N–H and O–H groups in total. The summed E-state index contributed by atoms with van der Waals surface area (Å²) in [6.07, 6.45) is 0.457. The van der Waals surface area contributed by atoms with Gasteiger partial charge in [-0.1, -0.05) is 0 Å². The number of aliphatic hydroxyl groups is 1. The summed E-state index contributed by atoms with van der Waals surface area (Å²) in [4.78, 5) is 14.9. The lowest BCUT2D eigenvalue weighted by Crippen LogP contribution is -2.04. The van der Waals surface area contributed by atoms with Gasteiger partial charge < -0.3 is 14.9 Å². The van der Waals surface area contributed by atoms with Crippen LogP contribution in [0.25, 0.3) is 0 Å². The lowest BCUT2D eigenvalue weighted by Gasteiger charge is -2.04. The second-order valence-corrected chi connectivity index (χ2v) is 3.00. The number of nitrogens with zero attached hydrogens (tertiary/aromatic N) is 1. The number of aliphatic hydroxyl groups excluding tert-OH is 1. The molecular weight excluding hydrogens is 198 g/mol. The van der Waals surface area contributed by atoms with Crippen molar-refractivity contribution in [1.29, 1.82) is 0 Å². The van der Waals surface area contributed by atoms with Crippen molar-refractivity contribution < 1.29 is 19.7 Å². The summed E-state index contributed by atoms with van der Waals surface area (Å²) < 4.78 is 4.47. The van der Waals surface area contributed by atoms with Crippen LogP contribution < -0.4 is 0 Å². The summed E-state index contributed by atoms with van der Waals surface area (Å²) in [6, 6.07) is 2.97. The summed E-state index contributed by atoms with van der Waals surface area (Å²) >= 11 is 0. The number of aromatic nitrogens is 1. The monoisotopic (exact) mass is 211 g/mol. The van der Waals surface area contributed by atoms with Gasteiger partial charge in [0.25, 0.3) is 0 Å². The number of ether oxygens (including phenoxy) is 1. The third-order valence-electron chi connectivity index (χ3n) is 1.96. The third kappa shape index (κ3) is 3.21. The van der Waals surface area contributed by atoms with E-state index in [2.05, 4.69) is 9.72 Å². The van der Waals surface area contributed by atoms with E-state index in [4.69, 9.17) is 5.11 Å². The molecule has 15 heavy (non-hydrogen) atoms. The van der Waals surface area contributed by atoms with Crippen LogP contribution >= 0.6 is 0 Å². The van der Waals surface area contributed by atoms with Crippen LogP contribution in [0.2, 0.25) is 0 Å². The summed E-state index contributed by atoms with van der Waals surface area (Å²) in [5.41, 5.74) is 0.861. The first-order chi connectivity index (χ1) is 7.17. The topological polar surface area (TPSA) is 79.7 Å². The van der Waals surface area contributed by atoms with Gasteiger partial charge in [-0.3, -0.25) is 9.78 Å². The molecule has 0 aliphatic carbocycles. The Bertz CT molecular complexity index is 351. The molecule has 1 aromatic rings. The molecule has 0 aliphatic rings. The first kappa shape index (κ1) is 11.5. The molecule has 1 heterocycles. The second kappa shape index (κ2) is 5.31. The Kier molecular flexibility index (Phi) is 4.05. The summed E-state index contributed by atoms with van der Waals surface area (Å²) in [5, 5.41) is 18.3. The Hall–Kier alpha value is -1.62. The SMILES string of the molecule is COC(=O)CCc1nc(CO)ccc1O. The number of hydrogen-bond acceptors (Lipinski definition) is 5. The smallest absolute Gasteiger partial charge is 0.305 e. The van der Waals surface area contributed by atoms with Gasteiger partial charge in [0.2, 0.25) is 0 Å². The highest BCUT2D eigenvalue weighted by molar-refractivity contribution is 5.69. The van der Waals surface area contributed by atoms with E-state index in [-0.39, 0.29) is 24.7 Å².